The number of para-hydroxylation sites is 1. The normalized spacial score (nSPS) is 19.6. The molecule has 6 heteroatoms. The third kappa shape index (κ3) is 2.65. The molecule has 0 aliphatic carbocycles. The first kappa shape index (κ1) is 13.0. The van der Waals surface area contributed by atoms with E-state index in [1.54, 1.807) is 11.8 Å². The topological polar surface area (TPSA) is 48.2 Å². The van der Waals surface area contributed by atoms with Crippen molar-refractivity contribution in [2.24, 2.45) is 0 Å². The van der Waals surface area contributed by atoms with Gasteiger partial charge in [0.05, 0.1) is 4.83 Å². The molecule has 0 amide bonds. The Labute approximate surface area is 124 Å². The highest BCUT2D eigenvalue weighted by Crippen LogP contribution is 2.39. The van der Waals surface area contributed by atoms with Crippen molar-refractivity contribution in [3.8, 4) is 5.75 Å². The Hall–Kier alpha value is -1.01. The number of nitrogens with zero attached hydrogens (tertiary/aromatic N) is 2. The van der Waals surface area contributed by atoms with Gasteiger partial charge in [0.15, 0.2) is 6.10 Å². The van der Waals surface area contributed by atoms with E-state index in [1.807, 2.05) is 18.2 Å². The number of aromatic nitrogens is 2. The molecule has 2 atom stereocenters. The van der Waals surface area contributed by atoms with Gasteiger partial charge in [-0.3, -0.25) is 0 Å². The van der Waals surface area contributed by atoms with Gasteiger partial charge < -0.3 is 9.26 Å². The summed E-state index contributed by atoms with van der Waals surface area (Å²) >= 11 is 5.26. The van der Waals surface area contributed by atoms with E-state index in [2.05, 4.69) is 39.1 Å². The molecular formula is C13H13BrN2O2S. The summed E-state index contributed by atoms with van der Waals surface area (Å²) in [5.74, 6) is 2.93. The monoisotopic (exact) mass is 340 g/mol. The first-order valence-corrected chi connectivity index (χ1v) is 8.04. The molecule has 1 aliphatic heterocycles. The number of hydrogen-bond acceptors (Lipinski definition) is 5. The van der Waals surface area contributed by atoms with Crippen LogP contribution in [-0.2, 0) is 0 Å². The number of ether oxygens (including phenoxy) is 1. The molecule has 1 aromatic carbocycles. The van der Waals surface area contributed by atoms with E-state index in [9.17, 15) is 0 Å². The van der Waals surface area contributed by atoms with Gasteiger partial charge >= 0.3 is 0 Å². The van der Waals surface area contributed by atoms with Crippen molar-refractivity contribution in [2.75, 3.05) is 5.75 Å². The lowest BCUT2D eigenvalue weighted by Crippen LogP contribution is -2.16. The van der Waals surface area contributed by atoms with Crippen molar-refractivity contribution >= 4 is 27.7 Å². The van der Waals surface area contributed by atoms with Crippen LogP contribution in [0.3, 0.4) is 0 Å². The summed E-state index contributed by atoms with van der Waals surface area (Å²) in [6.45, 7) is 2.06. The van der Waals surface area contributed by atoms with Gasteiger partial charge in [0.25, 0.3) is 0 Å². The average molecular weight is 341 g/mol. The van der Waals surface area contributed by atoms with E-state index in [0.717, 1.165) is 22.8 Å². The summed E-state index contributed by atoms with van der Waals surface area (Å²) in [7, 11) is 0. The van der Waals surface area contributed by atoms with Gasteiger partial charge in [-0.25, -0.2) is 0 Å². The van der Waals surface area contributed by atoms with Gasteiger partial charge in [-0.1, -0.05) is 40.1 Å². The molecule has 2 aromatic rings. The number of fused-ring (bicyclic) bond motifs is 1. The highest BCUT2D eigenvalue weighted by Gasteiger charge is 2.27. The number of hydrogen-bond donors (Lipinski definition) is 0. The van der Waals surface area contributed by atoms with Crippen LogP contribution < -0.4 is 4.74 Å². The minimum absolute atomic E-state index is 0.109. The summed E-state index contributed by atoms with van der Waals surface area (Å²) in [6.07, 6.45) is 0.763. The molecule has 1 aliphatic rings. The SMILES string of the molecule is CCC(Br)c1nc(C2CSc3ccccc3O2)no1. The van der Waals surface area contributed by atoms with Crippen LogP contribution in [-0.4, -0.2) is 15.9 Å². The van der Waals surface area contributed by atoms with Gasteiger partial charge in [0, 0.05) is 10.6 Å². The number of thioether (sulfide) groups is 1. The Morgan fingerprint density at radius 2 is 2.32 bits per heavy atom. The molecule has 0 spiro atoms. The molecule has 19 heavy (non-hydrogen) atoms. The van der Waals surface area contributed by atoms with Crippen molar-refractivity contribution in [3.63, 3.8) is 0 Å². The van der Waals surface area contributed by atoms with Crippen molar-refractivity contribution in [3.05, 3.63) is 36.0 Å². The molecule has 0 saturated heterocycles. The second-order valence-corrected chi connectivity index (χ2v) is 6.40. The first-order valence-electron chi connectivity index (χ1n) is 6.14. The highest BCUT2D eigenvalue weighted by atomic mass is 79.9. The van der Waals surface area contributed by atoms with Crippen LogP contribution in [0.1, 0.15) is 36.0 Å². The van der Waals surface area contributed by atoms with Crippen LogP contribution in [0.5, 0.6) is 5.75 Å². The molecule has 0 saturated carbocycles. The van der Waals surface area contributed by atoms with E-state index in [4.69, 9.17) is 9.26 Å². The lowest BCUT2D eigenvalue weighted by Gasteiger charge is -2.22. The standard InChI is InChI=1S/C13H13BrN2O2S/c1-2-8(14)13-15-12(16-18-13)10-7-19-11-6-4-3-5-9(11)17-10/h3-6,8,10H,2,7H2,1H3. The van der Waals surface area contributed by atoms with Crippen LogP contribution >= 0.6 is 27.7 Å². The van der Waals surface area contributed by atoms with E-state index in [1.165, 1.54) is 0 Å². The van der Waals surface area contributed by atoms with E-state index < -0.39 is 0 Å². The summed E-state index contributed by atoms with van der Waals surface area (Å²) in [5.41, 5.74) is 0. The highest BCUT2D eigenvalue weighted by molar-refractivity contribution is 9.09. The van der Waals surface area contributed by atoms with E-state index in [0.29, 0.717) is 11.7 Å². The third-order valence-electron chi connectivity index (χ3n) is 2.88. The Bertz CT molecular complexity index is 575. The molecule has 4 nitrogen and oxygen atoms in total. The van der Waals surface area contributed by atoms with Crippen LogP contribution in [0.25, 0.3) is 0 Å². The fourth-order valence-corrected chi connectivity index (χ4v) is 2.99. The lowest BCUT2D eigenvalue weighted by atomic mass is 10.3. The average Bonchev–Trinajstić information content (AvgIpc) is 2.95. The number of rotatable bonds is 3. The zero-order valence-corrected chi connectivity index (χ0v) is 12.8. The van der Waals surface area contributed by atoms with Crippen LogP contribution in [0, 0.1) is 0 Å². The number of alkyl halides is 1. The fraction of sp³-hybridized carbons (Fsp3) is 0.385. The zero-order chi connectivity index (χ0) is 13.2. The second kappa shape index (κ2) is 5.54. The maximum atomic E-state index is 5.92. The first-order chi connectivity index (χ1) is 9.28. The molecule has 2 heterocycles. The minimum atomic E-state index is -0.144. The van der Waals surface area contributed by atoms with Gasteiger partial charge in [-0.15, -0.1) is 11.8 Å². The van der Waals surface area contributed by atoms with Crippen LogP contribution in [0.15, 0.2) is 33.7 Å². The maximum Gasteiger partial charge on any atom is 0.240 e. The summed E-state index contributed by atoms with van der Waals surface area (Å²) in [6, 6.07) is 8.01. The molecule has 0 bridgehead atoms. The molecule has 3 rings (SSSR count). The molecule has 0 radical (unpaired) electrons. The Balaban J connectivity index is 1.79. The Morgan fingerprint density at radius 1 is 1.47 bits per heavy atom. The Morgan fingerprint density at radius 3 is 3.16 bits per heavy atom. The predicted molar refractivity (Wildman–Crippen MR) is 76.8 cm³/mol. The van der Waals surface area contributed by atoms with Crippen molar-refractivity contribution < 1.29 is 9.26 Å². The van der Waals surface area contributed by atoms with Crippen LogP contribution in [0.2, 0.25) is 0 Å². The molecule has 0 fully saturated rings. The van der Waals surface area contributed by atoms with Gasteiger partial charge in [-0.05, 0) is 18.6 Å². The van der Waals surface area contributed by atoms with E-state index in [-0.39, 0.29) is 10.9 Å². The van der Waals surface area contributed by atoms with E-state index >= 15 is 0 Å². The predicted octanol–water partition coefficient (Wildman–Crippen LogP) is 4.14. The number of benzene rings is 1. The zero-order valence-electron chi connectivity index (χ0n) is 10.4. The van der Waals surface area contributed by atoms with Crippen molar-refractivity contribution in [2.45, 2.75) is 29.2 Å². The van der Waals surface area contributed by atoms with Crippen molar-refractivity contribution in [1.82, 2.24) is 10.1 Å². The minimum Gasteiger partial charge on any atom is -0.480 e. The van der Waals surface area contributed by atoms with Crippen molar-refractivity contribution in [1.29, 1.82) is 0 Å². The summed E-state index contributed by atoms with van der Waals surface area (Å²) in [5, 5.41) is 4.03. The fourth-order valence-electron chi connectivity index (χ4n) is 1.83. The smallest absolute Gasteiger partial charge is 0.240 e. The largest absolute Gasteiger partial charge is 0.480 e. The Kier molecular flexibility index (Phi) is 3.79. The molecule has 2 unspecified atom stereocenters. The third-order valence-corrected chi connectivity index (χ3v) is 5.04. The second-order valence-electron chi connectivity index (χ2n) is 4.23. The van der Waals surface area contributed by atoms with Gasteiger partial charge in [-0.2, -0.15) is 4.98 Å². The van der Waals surface area contributed by atoms with Crippen LogP contribution in [0.4, 0.5) is 0 Å². The quantitative estimate of drug-likeness (QED) is 0.785. The molecule has 0 N–H and O–H groups in total. The molecule has 100 valence electrons. The summed E-state index contributed by atoms with van der Waals surface area (Å²) in [4.78, 5) is 5.68. The maximum absolute atomic E-state index is 5.92. The summed E-state index contributed by atoms with van der Waals surface area (Å²) < 4.78 is 11.2. The lowest BCUT2D eigenvalue weighted by molar-refractivity contribution is 0.205. The molecule has 1 aromatic heterocycles. The number of halogens is 1. The van der Waals surface area contributed by atoms with Gasteiger partial charge in [0.2, 0.25) is 11.7 Å². The van der Waals surface area contributed by atoms with Gasteiger partial charge in [0.1, 0.15) is 5.75 Å². The molecular weight excluding hydrogens is 328 g/mol.